The van der Waals surface area contributed by atoms with Crippen LogP contribution in [0.15, 0.2) is 24.3 Å². The summed E-state index contributed by atoms with van der Waals surface area (Å²) in [5.41, 5.74) is 0.730. The van der Waals surface area contributed by atoms with Crippen molar-refractivity contribution in [2.24, 2.45) is 0 Å². The van der Waals surface area contributed by atoms with Crippen LogP contribution in [0, 0.1) is 0 Å². The Bertz CT molecular complexity index is 648. The van der Waals surface area contributed by atoms with Gasteiger partial charge in [0.1, 0.15) is 0 Å². The van der Waals surface area contributed by atoms with Gasteiger partial charge in [-0.1, -0.05) is 0 Å². The third-order valence-electron chi connectivity index (χ3n) is 3.58. The fraction of sp³-hybridized carbons (Fsp3) is 0.550. The lowest BCUT2D eigenvalue weighted by molar-refractivity contribution is -0.881. The fourth-order valence-electron chi connectivity index (χ4n) is 2.41. The number of rotatable bonds is 8. The lowest BCUT2D eigenvalue weighted by Gasteiger charge is -2.23. The van der Waals surface area contributed by atoms with Crippen molar-refractivity contribution >= 4 is 23.5 Å². The molecule has 1 aromatic carbocycles. The number of carbonyl (C=O) groups excluding carboxylic acids is 3. The Morgan fingerprint density at radius 1 is 1.04 bits per heavy atom. The molecule has 1 unspecified atom stereocenters. The maximum Gasteiger partial charge on any atom is 0.338 e. The lowest BCUT2D eigenvalue weighted by atomic mass is 10.1. The summed E-state index contributed by atoms with van der Waals surface area (Å²) in [6, 6.07) is 6.54. The van der Waals surface area contributed by atoms with E-state index in [0.717, 1.165) is 4.90 Å². The molecule has 0 saturated heterocycles. The maximum atomic E-state index is 12.3. The summed E-state index contributed by atoms with van der Waals surface area (Å²) in [5.74, 6) is -0.664. The number of hydrogen-bond donors (Lipinski definition) is 3. The molecule has 0 fully saturated rings. The lowest BCUT2D eigenvalue weighted by Crippen LogP contribution is -3.14. The van der Waals surface area contributed by atoms with Gasteiger partial charge in [-0.15, -0.1) is 0 Å². The number of quaternary nitrogens is 1. The van der Waals surface area contributed by atoms with E-state index in [4.69, 9.17) is 4.74 Å². The molecule has 0 radical (unpaired) electrons. The highest BCUT2D eigenvalue weighted by Gasteiger charge is 2.20. The van der Waals surface area contributed by atoms with E-state index in [1.165, 1.54) is 0 Å². The summed E-state index contributed by atoms with van der Waals surface area (Å²) >= 11 is 0. The van der Waals surface area contributed by atoms with Gasteiger partial charge in [0, 0.05) is 11.2 Å². The van der Waals surface area contributed by atoms with Crippen LogP contribution in [0.3, 0.4) is 0 Å². The number of amides is 2. The first-order valence-electron chi connectivity index (χ1n) is 9.25. The second-order valence-electron chi connectivity index (χ2n) is 7.83. The maximum absolute atomic E-state index is 12.3. The number of anilines is 1. The number of nitrogens with one attached hydrogen (secondary N) is 3. The zero-order valence-corrected chi connectivity index (χ0v) is 17.1. The van der Waals surface area contributed by atoms with Crippen molar-refractivity contribution in [1.29, 1.82) is 0 Å². The van der Waals surface area contributed by atoms with Crippen molar-refractivity contribution in [1.82, 2.24) is 5.32 Å². The molecule has 7 heteroatoms. The van der Waals surface area contributed by atoms with Crippen LogP contribution in [0.25, 0.3) is 0 Å². The van der Waals surface area contributed by atoms with Crippen LogP contribution in [0.5, 0.6) is 0 Å². The standard InChI is InChI=1S/C20H31N3O4/c1-7-23(13-18(25)22-20(4,5)6)12-17(24)21-16-10-8-15(9-11-16)19(26)27-14(2)3/h8-11,14H,7,12-13H2,1-6H3,(H,21,24)(H,22,25)/p+1. The highest BCUT2D eigenvalue weighted by Crippen LogP contribution is 2.11. The molecule has 0 heterocycles. The van der Waals surface area contributed by atoms with Crippen LogP contribution < -0.4 is 15.5 Å². The molecule has 2 amide bonds. The molecule has 0 aliphatic rings. The molecule has 0 saturated carbocycles. The molecule has 7 nitrogen and oxygen atoms in total. The van der Waals surface area contributed by atoms with Crippen molar-refractivity contribution in [3.8, 4) is 0 Å². The predicted molar refractivity (Wildman–Crippen MR) is 105 cm³/mol. The van der Waals surface area contributed by atoms with Crippen LogP contribution in [0.1, 0.15) is 51.9 Å². The van der Waals surface area contributed by atoms with E-state index in [2.05, 4.69) is 10.6 Å². The minimum Gasteiger partial charge on any atom is -0.459 e. The first-order chi connectivity index (χ1) is 12.5. The average Bonchev–Trinajstić information content (AvgIpc) is 2.52. The molecule has 0 aliphatic heterocycles. The van der Waals surface area contributed by atoms with Crippen LogP contribution in [-0.2, 0) is 14.3 Å². The van der Waals surface area contributed by atoms with Gasteiger partial charge in [0.05, 0.1) is 18.2 Å². The van der Waals surface area contributed by atoms with Crippen LogP contribution in [0.4, 0.5) is 5.69 Å². The summed E-state index contributed by atoms with van der Waals surface area (Å²) < 4.78 is 5.13. The van der Waals surface area contributed by atoms with Gasteiger partial charge in [-0.2, -0.15) is 0 Å². The summed E-state index contributed by atoms with van der Waals surface area (Å²) in [6.07, 6.45) is -0.185. The van der Waals surface area contributed by atoms with Crippen LogP contribution >= 0.6 is 0 Å². The van der Waals surface area contributed by atoms with Crippen LogP contribution in [0.2, 0.25) is 0 Å². The SMILES string of the molecule is CC[NH+](CC(=O)Nc1ccc(C(=O)OC(C)C)cc1)CC(=O)NC(C)(C)C. The third kappa shape index (κ3) is 9.19. The van der Waals surface area contributed by atoms with Gasteiger partial charge < -0.3 is 20.3 Å². The third-order valence-corrected chi connectivity index (χ3v) is 3.58. The number of hydrogen-bond acceptors (Lipinski definition) is 4. The molecular weight excluding hydrogens is 346 g/mol. The number of ether oxygens (including phenoxy) is 1. The van der Waals surface area contributed by atoms with Crippen molar-refractivity contribution in [3.05, 3.63) is 29.8 Å². The topological polar surface area (TPSA) is 88.9 Å². The highest BCUT2D eigenvalue weighted by atomic mass is 16.5. The molecule has 150 valence electrons. The van der Waals surface area contributed by atoms with E-state index in [9.17, 15) is 14.4 Å². The van der Waals surface area contributed by atoms with Gasteiger partial charge in [-0.3, -0.25) is 9.59 Å². The molecule has 0 aliphatic carbocycles. The van der Waals surface area contributed by atoms with Gasteiger partial charge in [-0.05, 0) is 65.8 Å². The van der Waals surface area contributed by atoms with Crippen molar-refractivity contribution in [3.63, 3.8) is 0 Å². The number of likely N-dealkylation sites (N-methyl/N-ethyl adjacent to an activating group) is 1. The zero-order valence-electron chi connectivity index (χ0n) is 17.1. The predicted octanol–water partition coefficient (Wildman–Crippen LogP) is 1.01. The first kappa shape index (κ1) is 22.6. The molecule has 3 N–H and O–H groups in total. The van der Waals surface area contributed by atoms with E-state index in [-0.39, 0.29) is 36.5 Å². The normalized spacial score (nSPS) is 12.4. The Hall–Kier alpha value is -2.41. The summed E-state index contributed by atoms with van der Waals surface area (Å²) in [7, 11) is 0. The summed E-state index contributed by atoms with van der Waals surface area (Å²) in [6.45, 7) is 12.4. The number of esters is 1. The minimum absolute atomic E-state index is 0.0832. The second-order valence-corrected chi connectivity index (χ2v) is 7.83. The molecule has 1 atom stereocenters. The van der Waals surface area contributed by atoms with Crippen molar-refractivity contribution in [2.75, 3.05) is 25.0 Å². The zero-order chi connectivity index (χ0) is 20.6. The smallest absolute Gasteiger partial charge is 0.338 e. The molecular formula is C20H32N3O4+. The second kappa shape index (κ2) is 10.1. The van der Waals surface area contributed by atoms with Gasteiger partial charge in [0.15, 0.2) is 13.1 Å². The molecule has 27 heavy (non-hydrogen) atoms. The van der Waals surface area contributed by atoms with E-state index < -0.39 is 5.97 Å². The quantitative estimate of drug-likeness (QED) is 0.589. The average molecular weight is 378 g/mol. The molecule has 1 aromatic rings. The molecule has 0 aromatic heterocycles. The Labute approximate surface area is 161 Å². The Balaban J connectivity index is 2.57. The monoisotopic (exact) mass is 378 g/mol. The van der Waals surface area contributed by atoms with Crippen molar-refractivity contribution in [2.45, 2.75) is 53.2 Å². The number of carbonyl (C=O) groups is 3. The van der Waals surface area contributed by atoms with E-state index >= 15 is 0 Å². The van der Waals surface area contributed by atoms with E-state index in [0.29, 0.717) is 17.8 Å². The Morgan fingerprint density at radius 2 is 1.59 bits per heavy atom. The number of benzene rings is 1. The van der Waals surface area contributed by atoms with Gasteiger partial charge in [-0.25, -0.2) is 4.79 Å². The van der Waals surface area contributed by atoms with E-state index in [1.807, 2.05) is 27.7 Å². The van der Waals surface area contributed by atoms with Gasteiger partial charge >= 0.3 is 5.97 Å². The van der Waals surface area contributed by atoms with Crippen molar-refractivity contribution < 1.29 is 24.0 Å². The molecule has 0 bridgehead atoms. The minimum atomic E-state index is -0.394. The molecule has 0 spiro atoms. The van der Waals surface area contributed by atoms with Crippen LogP contribution in [-0.4, -0.2) is 49.1 Å². The Morgan fingerprint density at radius 3 is 2.07 bits per heavy atom. The highest BCUT2D eigenvalue weighted by molar-refractivity contribution is 5.93. The largest absolute Gasteiger partial charge is 0.459 e. The summed E-state index contributed by atoms with van der Waals surface area (Å²) in [5, 5.41) is 5.69. The summed E-state index contributed by atoms with van der Waals surface area (Å²) in [4.78, 5) is 37.0. The fourth-order valence-corrected chi connectivity index (χ4v) is 2.41. The van der Waals surface area contributed by atoms with Gasteiger partial charge in [0.25, 0.3) is 11.8 Å². The molecule has 1 rings (SSSR count). The first-order valence-corrected chi connectivity index (χ1v) is 9.25. The van der Waals surface area contributed by atoms with E-state index in [1.54, 1.807) is 38.1 Å². The Kier molecular flexibility index (Phi) is 8.43. The van der Waals surface area contributed by atoms with Gasteiger partial charge in [0.2, 0.25) is 0 Å².